The van der Waals surface area contributed by atoms with E-state index in [1.54, 1.807) is 4.90 Å². The summed E-state index contributed by atoms with van der Waals surface area (Å²) in [5.41, 5.74) is 2.24. The number of nitrogens with one attached hydrogen (secondary N) is 1. The Morgan fingerprint density at radius 3 is 2.62 bits per heavy atom. The van der Waals surface area contributed by atoms with Crippen LogP contribution in [0.1, 0.15) is 18.9 Å². The van der Waals surface area contributed by atoms with Crippen molar-refractivity contribution in [3.8, 4) is 0 Å². The van der Waals surface area contributed by atoms with E-state index in [4.69, 9.17) is 0 Å². The number of benzene rings is 2. The van der Waals surface area contributed by atoms with Crippen LogP contribution in [0.5, 0.6) is 0 Å². The zero-order valence-corrected chi connectivity index (χ0v) is 14.2. The van der Waals surface area contributed by atoms with E-state index in [2.05, 4.69) is 5.32 Å². The van der Waals surface area contributed by atoms with Crippen molar-refractivity contribution in [3.63, 3.8) is 0 Å². The highest BCUT2D eigenvalue weighted by molar-refractivity contribution is 6.05. The van der Waals surface area contributed by atoms with Crippen molar-refractivity contribution in [2.45, 2.75) is 25.8 Å². The van der Waals surface area contributed by atoms with Gasteiger partial charge in [-0.1, -0.05) is 18.2 Å². The van der Waals surface area contributed by atoms with Gasteiger partial charge in [-0.2, -0.15) is 0 Å². The number of halogens is 2. The second-order valence-corrected chi connectivity index (χ2v) is 6.96. The molecule has 0 bridgehead atoms. The third-order valence-electron chi connectivity index (χ3n) is 5.08. The van der Waals surface area contributed by atoms with Crippen LogP contribution in [0.25, 0.3) is 0 Å². The first-order chi connectivity index (χ1) is 12.5. The second-order valence-electron chi connectivity index (χ2n) is 6.96. The topological polar surface area (TPSA) is 49.4 Å². The van der Waals surface area contributed by atoms with Crippen molar-refractivity contribution in [3.05, 3.63) is 59.7 Å². The number of hydrogen-bond acceptors (Lipinski definition) is 2. The lowest BCUT2D eigenvalue weighted by Crippen LogP contribution is -2.37. The van der Waals surface area contributed by atoms with Gasteiger partial charge in [0.1, 0.15) is 0 Å². The quantitative estimate of drug-likeness (QED) is 0.915. The minimum atomic E-state index is -1.02. The first kappa shape index (κ1) is 16.7. The lowest BCUT2D eigenvalue weighted by molar-refractivity contribution is -0.123. The number of amides is 2. The van der Waals surface area contributed by atoms with Crippen LogP contribution in [0.4, 0.5) is 20.2 Å². The van der Waals surface area contributed by atoms with E-state index in [0.717, 1.165) is 29.8 Å². The Bertz CT molecular complexity index is 899. The van der Waals surface area contributed by atoms with Crippen LogP contribution in [0, 0.1) is 23.5 Å². The van der Waals surface area contributed by atoms with Gasteiger partial charge in [-0.3, -0.25) is 9.59 Å². The second kappa shape index (κ2) is 6.20. The maximum atomic E-state index is 13.3. The molecule has 3 unspecified atom stereocenters. The Morgan fingerprint density at radius 1 is 1.08 bits per heavy atom. The van der Waals surface area contributed by atoms with Crippen LogP contribution in [-0.2, 0) is 16.0 Å². The normalized spacial score (nSPS) is 23.5. The highest BCUT2D eigenvalue weighted by Crippen LogP contribution is 2.44. The minimum Gasteiger partial charge on any atom is -0.326 e. The molecule has 0 saturated heterocycles. The third kappa shape index (κ3) is 2.85. The van der Waals surface area contributed by atoms with Gasteiger partial charge in [-0.15, -0.1) is 0 Å². The molecule has 2 aromatic rings. The number of rotatable bonds is 3. The van der Waals surface area contributed by atoms with E-state index in [1.807, 2.05) is 31.2 Å². The van der Waals surface area contributed by atoms with Crippen LogP contribution in [0.15, 0.2) is 42.5 Å². The van der Waals surface area contributed by atoms with Crippen molar-refractivity contribution < 1.29 is 18.4 Å². The van der Waals surface area contributed by atoms with E-state index in [9.17, 15) is 18.4 Å². The van der Waals surface area contributed by atoms with Gasteiger partial charge in [0.05, 0.1) is 11.8 Å². The molecular weight excluding hydrogens is 338 g/mol. The molecule has 4 rings (SSSR count). The van der Waals surface area contributed by atoms with Crippen molar-refractivity contribution in [2.75, 3.05) is 10.2 Å². The Balaban J connectivity index is 1.44. The molecule has 0 aromatic heterocycles. The van der Waals surface area contributed by atoms with Gasteiger partial charge in [0.15, 0.2) is 11.6 Å². The van der Waals surface area contributed by atoms with Crippen molar-refractivity contribution in [1.82, 2.24) is 0 Å². The smallest absolute Gasteiger partial charge is 0.231 e. The Labute approximate surface area is 149 Å². The largest absolute Gasteiger partial charge is 0.326 e. The fraction of sp³-hybridized carbons (Fsp3) is 0.300. The molecular formula is C20H18F2N2O2. The molecule has 1 fully saturated rings. The van der Waals surface area contributed by atoms with Gasteiger partial charge >= 0.3 is 0 Å². The van der Waals surface area contributed by atoms with Gasteiger partial charge < -0.3 is 10.2 Å². The standard InChI is InChI=1S/C20H18F2N2O2/c1-11-8-12-4-2-3-5-18(12)24(11)20(26)15-10-14(15)19(25)23-13-6-7-16(21)17(22)9-13/h2-7,9,11,14-15H,8,10H2,1H3,(H,23,25). The number of para-hydroxylation sites is 1. The fourth-order valence-electron chi connectivity index (χ4n) is 3.65. The summed E-state index contributed by atoms with van der Waals surface area (Å²) >= 11 is 0. The van der Waals surface area contributed by atoms with E-state index < -0.39 is 17.6 Å². The number of nitrogens with zero attached hydrogens (tertiary/aromatic N) is 1. The Hall–Kier alpha value is -2.76. The molecule has 3 atom stereocenters. The summed E-state index contributed by atoms with van der Waals surface area (Å²) in [5.74, 6) is -3.18. The van der Waals surface area contributed by atoms with Crippen molar-refractivity contribution >= 4 is 23.2 Å². The number of fused-ring (bicyclic) bond motifs is 1. The summed E-state index contributed by atoms with van der Waals surface area (Å²) in [6.45, 7) is 2.00. The van der Waals surface area contributed by atoms with Crippen molar-refractivity contribution in [2.24, 2.45) is 11.8 Å². The third-order valence-corrected chi connectivity index (χ3v) is 5.08. The highest BCUT2D eigenvalue weighted by atomic mass is 19.2. The molecule has 2 aliphatic rings. The highest BCUT2D eigenvalue weighted by Gasteiger charge is 2.51. The molecule has 1 N–H and O–H groups in total. The molecule has 1 heterocycles. The van der Waals surface area contributed by atoms with Gasteiger partial charge in [0, 0.05) is 23.5 Å². The summed E-state index contributed by atoms with van der Waals surface area (Å²) in [5, 5.41) is 2.56. The first-order valence-corrected chi connectivity index (χ1v) is 8.62. The van der Waals surface area contributed by atoms with Crippen LogP contribution in [0.2, 0.25) is 0 Å². The molecule has 2 aromatic carbocycles. The number of carbonyl (C=O) groups is 2. The SMILES string of the molecule is CC1Cc2ccccc2N1C(=O)C1CC1C(=O)Nc1ccc(F)c(F)c1. The molecule has 1 aliphatic heterocycles. The predicted molar refractivity (Wildman–Crippen MR) is 93.7 cm³/mol. The van der Waals surface area contributed by atoms with Crippen LogP contribution in [-0.4, -0.2) is 17.9 Å². The molecule has 1 aliphatic carbocycles. The van der Waals surface area contributed by atoms with Crippen LogP contribution >= 0.6 is 0 Å². The zero-order valence-electron chi connectivity index (χ0n) is 14.2. The number of anilines is 2. The maximum absolute atomic E-state index is 13.3. The molecule has 4 nitrogen and oxygen atoms in total. The molecule has 0 spiro atoms. The summed E-state index contributed by atoms with van der Waals surface area (Å²) < 4.78 is 26.2. The van der Waals surface area contributed by atoms with Gasteiger partial charge in [0.25, 0.3) is 0 Å². The summed E-state index contributed by atoms with van der Waals surface area (Å²) in [6.07, 6.45) is 1.28. The molecule has 134 valence electrons. The van der Waals surface area contributed by atoms with E-state index in [1.165, 1.54) is 6.07 Å². The summed E-state index contributed by atoms with van der Waals surface area (Å²) in [7, 11) is 0. The van der Waals surface area contributed by atoms with Gasteiger partial charge in [0.2, 0.25) is 11.8 Å². The lowest BCUT2D eigenvalue weighted by Gasteiger charge is -2.23. The molecule has 2 amide bonds. The van der Waals surface area contributed by atoms with E-state index >= 15 is 0 Å². The first-order valence-electron chi connectivity index (χ1n) is 8.62. The lowest BCUT2D eigenvalue weighted by atomic mass is 10.1. The Kier molecular flexibility index (Phi) is 3.98. The average Bonchev–Trinajstić information content (AvgIpc) is 3.34. The van der Waals surface area contributed by atoms with Crippen LogP contribution < -0.4 is 10.2 Å². The number of carbonyl (C=O) groups excluding carboxylic acids is 2. The molecule has 26 heavy (non-hydrogen) atoms. The van der Waals surface area contributed by atoms with Crippen LogP contribution in [0.3, 0.4) is 0 Å². The predicted octanol–water partition coefficient (Wildman–Crippen LogP) is 3.52. The maximum Gasteiger partial charge on any atom is 0.231 e. The van der Waals surface area contributed by atoms with Gasteiger partial charge in [-0.05, 0) is 43.5 Å². The number of hydrogen-bond donors (Lipinski definition) is 1. The summed E-state index contributed by atoms with van der Waals surface area (Å²) in [4.78, 5) is 27.0. The van der Waals surface area contributed by atoms with E-state index in [-0.39, 0.29) is 29.5 Å². The average molecular weight is 356 g/mol. The fourth-order valence-corrected chi connectivity index (χ4v) is 3.65. The zero-order chi connectivity index (χ0) is 18.4. The monoisotopic (exact) mass is 356 g/mol. The molecule has 0 radical (unpaired) electrons. The van der Waals surface area contributed by atoms with Gasteiger partial charge in [-0.25, -0.2) is 8.78 Å². The molecule has 6 heteroatoms. The summed E-state index contributed by atoms with van der Waals surface area (Å²) in [6, 6.07) is 11.1. The van der Waals surface area contributed by atoms with E-state index in [0.29, 0.717) is 6.42 Å². The van der Waals surface area contributed by atoms with Crippen molar-refractivity contribution in [1.29, 1.82) is 0 Å². The molecule has 1 saturated carbocycles. The Morgan fingerprint density at radius 2 is 1.85 bits per heavy atom. The minimum absolute atomic E-state index is 0.0483.